The topological polar surface area (TPSA) is 71.2 Å². The van der Waals surface area contributed by atoms with Crippen LogP contribution in [-0.4, -0.2) is 35.4 Å². The lowest BCUT2D eigenvalue weighted by molar-refractivity contribution is -0.123. The normalized spacial score (nSPS) is 19.1. The van der Waals surface area contributed by atoms with Crippen molar-refractivity contribution in [3.8, 4) is 0 Å². The number of rotatable bonds is 6. The number of hydrogen-bond acceptors (Lipinski definition) is 4. The van der Waals surface area contributed by atoms with Gasteiger partial charge in [-0.15, -0.1) is 0 Å². The average molecular weight is 324 g/mol. The first kappa shape index (κ1) is 16.5. The fourth-order valence-corrected chi connectivity index (χ4v) is 3.34. The van der Waals surface area contributed by atoms with E-state index in [0.29, 0.717) is 5.92 Å². The number of aromatic nitrogens is 1. The monoisotopic (exact) mass is 324 g/mol. The van der Waals surface area contributed by atoms with Gasteiger partial charge in [0, 0.05) is 19.3 Å². The van der Waals surface area contributed by atoms with E-state index >= 15 is 0 Å². The number of hydrogen-bond donors (Lipinski definition) is 2. The van der Waals surface area contributed by atoms with Crippen molar-refractivity contribution in [3.05, 3.63) is 59.8 Å². The Morgan fingerprint density at radius 3 is 2.88 bits per heavy atom. The third kappa shape index (κ3) is 3.92. The Kier molecular flexibility index (Phi) is 5.11. The van der Waals surface area contributed by atoms with Crippen LogP contribution in [0.1, 0.15) is 23.6 Å². The van der Waals surface area contributed by atoms with Crippen molar-refractivity contribution >= 4 is 11.7 Å². The summed E-state index contributed by atoms with van der Waals surface area (Å²) in [5, 5.41) is 3.40. The van der Waals surface area contributed by atoms with E-state index in [1.165, 1.54) is 5.56 Å². The molecule has 1 aromatic carbocycles. The van der Waals surface area contributed by atoms with E-state index in [-0.39, 0.29) is 11.9 Å². The lowest BCUT2D eigenvalue weighted by Crippen LogP contribution is -2.36. The Balaban J connectivity index is 1.60. The molecule has 2 atom stereocenters. The molecule has 126 valence electrons. The van der Waals surface area contributed by atoms with E-state index in [1.54, 1.807) is 0 Å². The molecule has 0 radical (unpaired) electrons. The van der Waals surface area contributed by atoms with Crippen LogP contribution in [0, 0.1) is 12.8 Å². The summed E-state index contributed by atoms with van der Waals surface area (Å²) >= 11 is 0. The number of primary amides is 1. The second-order valence-corrected chi connectivity index (χ2v) is 6.46. The molecule has 2 aromatic rings. The second kappa shape index (κ2) is 7.45. The summed E-state index contributed by atoms with van der Waals surface area (Å²) in [6.45, 7) is 4.66. The highest BCUT2D eigenvalue weighted by Gasteiger charge is 2.32. The maximum atomic E-state index is 12.0. The number of likely N-dealkylation sites (tertiary alicyclic amines) is 1. The van der Waals surface area contributed by atoms with Crippen molar-refractivity contribution in [2.75, 3.05) is 25.0 Å². The van der Waals surface area contributed by atoms with Crippen molar-refractivity contribution in [1.29, 1.82) is 0 Å². The van der Waals surface area contributed by atoms with Crippen molar-refractivity contribution in [1.82, 2.24) is 9.88 Å². The van der Waals surface area contributed by atoms with E-state index in [4.69, 9.17) is 5.73 Å². The summed E-state index contributed by atoms with van der Waals surface area (Å²) in [4.78, 5) is 18.5. The van der Waals surface area contributed by atoms with Gasteiger partial charge in [0.15, 0.2) is 0 Å². The molecule has 24 heavy (non-hydrogen) atoms. The highest BCUT2D eigenvalue weighted by Crippen LogP contribution is 2.27. The zero-order valence-electron chi connectivity index (χ0n) is 14.0. The highest BCUT2D eigenvalue weighted by molar-refractivity contribution is 5.81. The van der Waals surface area contributed by atoms with Gasteiger partial charge in [0.1, 0.15) is 11.9 Å². The number of nitrogens with zero attached hydrogens (tertiary/aromatic N) is 2. The lowest BCUT2D eigenvalue weighted by Gasteiger charge is -2.25. The maximum absolute atomic E-state index is 12.0. The molecule has 1 aliphatic rings. The number of carbonyl (C=O) groups is 1. The molecule has 0 spiro atoms. The lowest BCUT2D eigenvalue weighted by atomic mass is 10.0. The second-order valence-electron chi connectivity index (χ2n) is 6.46. The molecule has 1 amide bonds. The van der Waals surface area contributed by atoms with Crippen LogP contribution in [0.5, 0.6) is 0 Å². The Morgan fingerprint density at radius 1 is 1.38 bits per heavy atom. The quantitative estimate of drug-likeness (QED) is 0.855. The molecule has 0 saturated carbocycles. The molecule has 3 N–H and O–H groups in total. The zero-order chi connectivity index (χ0) is 16.9. The molecule has 1 aliphatic heterocycles. The van der Waals surface area contributed by atoms with Gasteiger partial charge in [-0.3, -0.25) is 9.69 Å². The fraction of sp³-hybridized carbons (Fsp3) is 0.368. The van der Waals surface area contributed by atoms with Gasteiger partial charge in [0.2, 0.25) is 5.91 Å². The Hall–Kier alpha value is -2.40. The van der Waals surface area contributed by atoms with Crippen LogP contribution in [0.25, 0.3) is 0 Å². The minimum atomic E-state index is -0.340. The number of nitrogens with one attached hydrogen (secondary N) is 1. The van der Waals surface area contributed by atoms with Crippen LogP contribution >= 0.6 is 0 Å². The van der Waals surface area contributed by atoms with E-state index in [2.05, 4.69) is 22.1 Å². The Morgan fingerprint density at radius 2 is 2.17 bits per heavy atom. The molecule has 5 heteroatoms. The van der Waals surface area contributed by atoms with Gasteiger partial charge in [-0.1, -0.05) is 30.3 Å². The van der Waals surface area contributed by atoms with Crippen LogP contribution in [0.2, 0.25) is 0 Å². The van der Waals surface area contributed by atoms with Gasteiger partial charge in [-0.25, -0.2) is 4.98 Å². The summed E-state index contributed by atoms with van der Waals surface area (Å²) in [5.41, 5.74) is 7.83. The number of anilines is 1. The fourth-order valence-electron chi connectivity index (χ4n) is 3.34. The van der Waals surface area contributed by atoms with E-state index in [9.17, 15) is 4.79 Å². The summed E-state index contributed by atoms with van der Waals surface area (Å²) < 4.78 is 0. The maximum Gasteiger partial charge on any atom is 0.239 e. The van der Waals surface area contributed by atoms with Crippen molar-refractivity contribution in [2.45, 2.75) is 19.4 Å². The van der Waals surface area contributed by atoms with Gasteiger partial charge in [-0.2, -0.15) is 0 Å². The summed E-state index contributed by atoms with van der Waals surface area (Å²) in [6, 6.07) is 13.5. The SMILES string of the molecule is Cc1ccnc(NC[C@@H]2CCN([C@@H](C(N)=O)c3ccccc3)C2)c1. The van der Waals surface area contributed by atoms with Crippen LogP contribution in [0.4, 0.5) is 5.82 Å². The minimum absolute atomic E-state index is 0.282. The van der Waals surface area contributed by atoms with Gasteiger partial charge in [-0.05, 0) is 49.1 Å². The zero-order valence-corrected chi connectivity index (χ0v) is 14.0. The van der Waals surface area contributed by atoms with Gasteiger partial charge in [0.25, 0.3) is 0 Å². The molecule has 3 rings (SSSR count). The predicted molar refractivity (Wildman–Crippen MR) is 95.5 cm³/mol. The van der Waals surface area contributed by atoms with E-state index in [0.717, 1.165) is 37.4 Å². The van der Waals surface area contributed by atoms with Gasteiger partial charge < -0.3 is 11.1 Å². The first-order valence-electron chi connectivity index (χ1n) is 8.38. The van der Waals surface area contributed by atoms with Gasteiger partial charge in [0.05, 0.1) is 0 Å². The molecule has 1 saturated heterocycles. The van der Waals surface area contributed by atoms with Crippen molar-refractivity contribution in [2.24, 2.45) is 11.7 Å². The summed E-state index contributed by atoms with van der Waals surface area (Å²) in [7, 11) is 0. The minimum Gasteiger partial charge on any atom is -0.370 e. The molecule has 2 heterocycles. The molecule has 0 aliphatic carbocycles. The first-order valence-corrected chi connectivity index (χ1v) is 8.38. The third-order valence-corrected chi connectivity index (χ3v) is 4.55. The standard InChI is InChI=1S/C19H24N4O/c1-14-7-9-21-17(11-14)22-12-15-8-10-23(13-15)18(19(20)24)16-5-3-2-4-6-16/h2-7,9,11,15,18H,8,10,12-13H2,1H3,(H2,20,24)(H,21,22)/t15-,18+/m0/s1. The summed E-state index contributed by atoms with van der Waals surface area (Å²) in [6.07, 6.45) is 2.87. The first-order chi connectivity index (χ1) is 11.6. The smallest absolute Gasteiger partial charge is 0.239 e. The Bertz CT molecular complexity index is 689. The molecule has 1 aromatic heterocycles. The number of aryl methyl sites for hydroxylation is 1. The molecule has 5 nitrogen and oxygen atoms in total. The van der Waals surface area contributed by atoms with Crippen LogP contribution in [0.3, 0.4) is 0 Å². The molecule has 0 bridgehead atoms. The number of carbonyl (C=O) groups excluding carboxylic acids is 1. The Labute approximate surface area is 142 Å². The number of amides is 1. The molecule has 1 fully saturated rings. The number of benzene rings is 1. The largest absolute Gasteiger partial charge is 0.370 e. The van der Waals surface area contributed by atoms with Crippen LogP contribution in [0.15, 0.2) is 48.7 Å². The van der Waals surface area contributed by atoms with Crippen molar-refractivity contribution < 1.29 is 4.79 Å². The van der Waals surface area contributed by atoms with Crippen molar-refractivity contribution in [3.63, 3.8) is 0 Å². The number of pyridine rings is 1. The predicted octanol–water partition coefficient (Wildman–Crippen LogP) is 2.35. The molecule has 0 unspecified atom stereocenters. The average Bonchev–Trinajstić information content (AvgIpc) is 3.02. The van der Waals surface area contributed by atoms with E-state index in [1.807, 2.05) is 48.7 Å². The third-order valence-electron chi connectivity index (χ3n) is 4.55. The number of nitrogens with two attached hydrogens (primary N) is 1. The summed E-state index contributed by atoms with van der Waals surface area (Å²) in [5.74, 6) is 1.11. The molecular formula is C19H24N4O. The van der Waals surface area contributed by atoms with E-state index < -0.39 is 0 Å². The highest BCUT2D eigenvalue weighted by atomic mass is 16.1. The van der Waals surface area contributed by atoms with Crippen LogP contribution < -0.4 is 11.1 Å². The molecular weight excluding hydrogens is 300 g/mol. The van der Waals surface area contributed by atoms with Crippen LogP contribution in [-0.2, 0) is 4.79 Å². The van der Waals surface area contributed by atoms with Gasteiger partial charge >= 0.3 is 0 Å².